The highest BCUT2D eigenvalue weighted by molar-refractivity contribution is 5.76. The first-order chi connectivity index (χ1) is 28.7. The minimum Gasteiger partial charge on any atom is -0.394 e. The van der Waals surface area contributed by atoms with Crippen LogP contribution < -0.4 is 5.32 Å². The third kappa shape index (κ3) is 44.2. The molecule has 0 fully saturated rings. The van der Waals surface area contributed by atoms with E-state index in [-0.39, 0.29) is 12.5 Å². The number of hydrogen-bond acceptors (Lipinski definition) is 3. The van der Waals surface area contributed by atoms with Gasteiger partial charge in [-0.1, -0.05) is 220 Å². The van der Waals surface area contributed by atoms with Crippen molar-refractivity contribution in [3.05, 3.63) is 109 Å². The Morgan fingerprint density at radius 3 is 1.21 bits per heavy atom. The van der Waals surface area contributed by atoms with Crippen LogP contribution in [0.25, 0.3) is 0 Å². The van der Waals surface area contributed by atoms with Gasteiger partial charge in [0.25, 0.3) is 0 Å². The highest BCUT2D eigenvalue weighted by Crippen LogP contribution is 2.13. The van der Waals surface area contributed by atoms with Crippen LogP contribution >= 0.6 is 0 Å². The molecule has 0 saturated heterocycles. The van der Waals surface area contributed by atoms with E-state index in [1.807, 2.05) is 6.08 Å². The molecule has 0 aliphatic heterocycles. The van der Waals surface area contributed by atoms with Gasteiger partial charge in [-0.15, -0.1) is 0 Å². The van der Waals surface area contributed by atoms with Gasteiger partial charge in [-0.2, -0.15) is 0 Å². The summed E-state index contributed by atoms with van der Waals surface area (Å²) in [5.41, 5.74) is 0. The van der Waals surface area contributed by atoms with Crippen molar-refractivity contribution in [2.45, 2.75) is 219 Å². The predicted molar refractivity (Wildman–Crippen MR) is 257 cm³/mol. The smallest absolute Gasteiger partial charge is 0.220 e. The summed E-state index contributed by atoms with van der Waals surface area (Å²) in [7, 11) is 0. The Hall–Kier alpha value is -2.95. The zero-order valence-electron chi connectivity index (χ0n) is 37.8. The maximum absolute atomic E-state index is 12.4. The first-order valence-corrected chi connectivity index (χ1v) is 24.1. The molecule has 0 spiro atoms. The fourth-order valence-corrected chi connectivity index (χ4v) is 6.58. The van der Waals surface area contributed by atoms with Crippen LogP contribution in [0.2, 0.25) is 0 Å². The lowest BCUT2D eigenvalue weighted by molar-refractivity contribution is -0.123. The van der Waals surface area contributed by atoms with Crippen LogP contribution in [0, 0.1) is 0 Å². The quantitative estimate of drug-likeness (QED) is 0.0425. The second-order valence-corrected chi connectivity index (χ2v) is 15.8. The van der Waals surface area contributed by atoms with Crippen LogP contribution in [0.1, 0.15) is 206 Å². The fourth-order valence-electron chi connectivity index (χ4n) is 6.58. The molecule has 4 heteroatoms. The van der Waals surface area contributed by atoms with Gasteiger partial charge >= 0.3 is 0 Å². The van der Waals surface area contributed by atoms with Gasteiger partial charge < -0.3 is 15.5 Å². The summed E-state index contributed by atoms with van der Waals surface area (Å²) in [5, 5.41) is 23.0. The number of rotatable bonds is 42. The largest absolute Gasteiger partial charge is 0.394 e. The lowest BCUT2D eigenvalue weighted by Crippen LogP contribution is -2.45. The van der Waals surface area contributed by atoms with E-state index in [0.29, 0.717) is 6.42 Å². The molecule has 0 saturated carbocycles. The van der Waals surface area contributed by atoms with Gasteiger partial charge in [-0.05, 0) is 89.9 Å². The number of carbonyl (C=O) groups is 1. The zero-order valence-corrected chi connectivity index (χ0v) is 37.8. The maximum Gasteiger partial charge on any atom is 0.220 e. The van der Waals surface area contributed by atoms with E-state index in [1.165, 1.54) is 103 Å². The number of carbonyl (C=O) groups excluding carboxylic acids is 1. The molecule has 2 atom stereocenters. The molecule has 0 aliphatic carbocycles. The summed E-state index contributed by atoms with van der Waals surface area (Å²) in [6.07, 6.45) is 73.5. The van der Waals surface area contributed by atoms with Crippen molar-refractivity contribution in [3.8, 4) is 0 Å². The Morgan fingerprint density at radius 2 is 0.776 bits per heavy atom. The first kappa shape index (κ1) is 55.0. The second kappa shape index (κ2) is 48.4. The molecule has 2 unspecified atom stereocenters. The number of nitrogens with one attached hydrogen (secondary N) is 1. The molecule has 0 aromatic heterocycles. The minimum atomic E-state index is -0.871. The number of unbranched alkanes of at least 4 members (excludes halogenated alkanes) is 19. The van der Waals surface area contributed by atoms with Crippen LogP contribution in [0.4, 0.5) is 0 Å². The first-order valence-electron chi connectivity index (χ1n) is 24.1. The molecule has 0 aliphatic rings. The molecule has 0 aromatic rings. The maximum atomic E-state index is 12.4. The Balaban J connectivity index is 3.65. The third-order valence-electron chi connectivity index (χ3n) is 10.2. The summed E-state index contributed by atoms with van der Waals surface area (Å²) in [5.74, 6) is -0.0858. The molecule has 330 valence electrons. The van der Waals surface area contributed by atoms with E-state index in [2.05, 4.69) is 116 Å². The molecule has 0 rings (SSSR count). The molecule has 1 amide bonds. The SMILES string of the molecule is CC/C=C\C/C=C\C/C=C\C/C=C\C/C=C\C/C=C\C/C=C\CCCCCCCCCCCC(=O)NC(CO)C(O)/C=C/CC/C=C/CCCCCCCCCCC. The number of allylic oxidation sites excluding steroid dienone is 17. The van der Waals surface area contributed by atoms with Crippen LogP contribution in [0.15, 0.2) is 109 Å². The molecular weight excluding hydrogens is 711 g/mol. The van der Waals surface area contributed by atoms with E-state index < -0.39 is 12.1 Å². The van der Waals surface area contributed by atoms with Crippen LogP contribution in [-0.2, 0) is 4.79 Å². The van der Waals surface area contributed by atoms with Crippen molar-refractivity contribution < 1.29 is 15.0 Å². The Morgan fingerprint density at radius 1 is 0.431 bits per heavy atom. The molecule has 4 nitrogen and oxygen atoms in total. The van der Waals surface area contributed by atoms with Gasteiger partial charge in [0.05, 0.1) is 18.8 Å². The normalized spacial score (nSPS) is 13.9. The minimum absolute atomic E-state index is 0.0858. The summed E-state index contributed by atoms with van der Waals surface area (Å²) in [4.78, 5) is 12.4. The molecule has 58 heavy (non-hydrogen) atoms. The van der Waals surface area contributed by atoms with Crippen LogP contribution in [-0.4, -0.2) is 34.9 Å². The van der Waals surface area contributed by atoms with Gasteiger partial charge in [-0.3, -0.25) is 4.79 Å². The van der Waals surface area contributed by atoms with Crippen molar-refractivity contribution in [3.63, 3.8) is 0 Å². The van der Waals surface area contributed by atoms with E-state index in [4.69, 9.17) is 0 Å². The predicted octanol–water partition coefficient (Wildman–Crippen LogP) is 15.6. The monoisotopic (exact) mass is 802 g/mol. The highest BCUT2D eigenvalue weighted by Gasteiger charge is 2.17. The highest BCUT2D eigenvalue weighted by atomic mass is 16.3. The molecular formula is C54H91NO3. The van der Waals surface area contributed by atoms with E-state index in [0.717, 1.165) is 83.5 Å². The lowest BCUT2D eigenvalue weighted by atomic mass is 10.1. The van der Waals surface area contributed by atoms with Crippen molar-refractivity contribution in [1.29, 1.82) is 0 Å². The topological polar surface area (TPSA) is 69.6 Å². The number of aliphatic hydroxyl groups is 2. The average Bonchev–Trinajstić information content (AvgIpc) is 3.23. The Labute approximate surface area is 359 Å². The molecule has 3 N–H and O–H groups in total. The second-order valence-electron chi connectivity index (χ2n) is 15.8. The number of amides is 1. The van der Waals surface area contributed by atoms with Gasteiger partial charge in [0.15, 0.2) is 0 Å². The number of aliphatic hydroxyl groups excluding tert-OH is 2. The molecule has 0 bridgehead atoms. The van der Waals surface area contributed by atoms with E-state index in [9.17, 15) is 15.0 Å². The van der Waals surface area contributed by atoms with Crippen LogP contribution in [0.3, 0.4) is 0 Å². The van der Waals surface area contributed by atoms with Gasteiger partial charge in [0.2, 0.25) is 5.91 Å². The zero-order chi connectivity index (χ0) is 42.1. The Bertz CT molecular complexity index is 1140. The third-order valence-corrected chi connectivity index (χ3v) is 10.2. The van der Waals surface area contributed by atoms with Crippen LogP contribution in [0.5, 0.6) is 0 Å². The average molecular weight is 802 g/mol. The van der Waals surface area contributed by atoms with E-state index in [1.54, 1.807) is 6.08 Å². The fraction of sp³-hybridized carbons (Fsp3) is 0.648. The number of hydrogen-bond donors (Lipinski definition) is 3. The summed E-state index contributed by atoms with van der Waals surface area (Å²) in [6.45, 7) is 4.16. The molecule has 0 heterocycles. The van der Waals surface area contributed by atoms with E-state index >= 15 is 0 Å². The van der Waals surface area contributed by atoms with Crippen molar-refractivity contribution in [2.24, 2.45) is 0 Å². The van der Waals surface area contributed by atoms with Gasteiger partial charge in [0, 0.05) is 6.42 Å². The van der Waals surface area contributed by atoms with Gasteiger partial charge in [0.1, 0.15) is 0 Å². The summed E-state index contributed by atoms with van der Waals surface area (Å²) < 4.78 is 0. The summed E-state index contributed by atoms with van der Waals surface area (Å²) >= 11 is 0. The Kier molecular flexibility index (Phi) is 46.0. The molecule has 0 radical (unpaired) electrons. The van der Waals surface area contributed by atoms with Crippen molar-refractivity contribution in [1.82, 2.24) is 5.32 Å². The van der Waals surface area contributed by atoms with Gasteiger partial charge in [-0.25, -0.2) is 0 Å². The summed E-state index contributed by atoms with van der Waals surface area (Å²) in [6, 6.07) is -0.649. The molecule has 0 aromatic carbocycles. The lowest BCUT2D eigenvalue weighted by Gasteiger charge is -2.19. The van der Waals surface area contributed by atoms with Crippen molar-refractivity contribution in [2.75, 3.05) is 6.61 Å². The standard InChI is InChI=1S/C54H91NO3/c1-3-5-7-9-11-13-15-17-19-20-21-22-23-24-25-26-27-28-29-30-31-32-33-34-36-38-40-42-44-46-48-50-54(58)55-52(51-56)53(57)49-47-45-43-41-39-37-35-18-16-14-12-10-8-6-4-2/h5,7,11,13,17,19,21-22,24-25,27-28,30-31,39,41,47,49,52-53,56-57H,3-4,6,8-10,12,14-16,18,20,23,26,29,32-38,40,42-46,48,50-51H2,1-2H3,(H,55,58)/b7-5-,13-11-,19-17-,22-21-,25-24-,28-27-,31-30-,41-39+,49-47+. The van der Waals surface area contributed by atoms with Crippen molar-refractivity contribution >= 4 is 5.91 Å².